The molecule has 28 heavy (non-hydrogen) atoms. The first-order valence-electron chi connectivity index (χ1n) is 9.52. The fourth-order valence-corrected chi connectivity index (χ4v) is 3.65. The second kappa shape index (κ2) is 7.93. The van der Waals surface area contributed by atoms with E-state index in [1.165, 1.54) is 10.6 Å². The number of nitrogens with one attached hydrogen (secondary N) is 1. The summed E-state index contributed by atoms with van der Waals surface area (Å²) in [6.07, 6.45) is 1.99. The summed E-state index contributed by atoms with van der Waals surface area (Å²) in [5.74, 6) is 1.41. The molecule has 1 aliphatic rings. The molecule has 8 nitrogen and oxygen atoms in total. The molecule has 0 aliphatic carbocycles. The van der Waals surface area contributed by atoms with Crippen molar-refractivity contribution in [2.45, 2.75) is 32.2 Å². The molecule has 1 atom stereocenters. The molecule has 0 amide bonds. The second-order valence-electron chi connectivity index (χ2n) is 7.21. The second-order valence-corrected chi connectivity index (χ2v) is 7.21. The van der Waals surface area contributed by atoms with Crippen molar-refractivity contribution in [2.24, 2.45) is 0 Å². The highest BCUT2D eigenvalue weighted by molar-refractivity contribution is 5.53. The molecule has 8 heteroatoms. The summed E-state index contributed by atoms with van der Waals surface area (Å²) in [7, 11) is 0. The van der Waals surface area contributed by atoms with E-state index in [1.54, 1.807) is 6.92 Å². The van der Waals surface area contributed by atoms with Crippen molar-refractivity contribution in [2.75, 3.05) is 19.6 Å². The molecule has 146 valence electrons. The quantitative estimate of drug-likeness (QED) is 0.724. The average molecular weight is 381 g/mol. The van der Waals surface area contributed by atoms with E-state index in [9.17, 15) is 9.59 Å². The number of aromatic amines is 1. The standard InChI is InChI=1S/C20H23N5O3/c1-14-12-17(26)25(20(27)21-14)11-10-24-9-5-8-16(13-24)19-22-18(23-28-19)15-6-3-2-4-7-15/h2-4,6-7,12,16H,5,8-11,13H2,1H3,(H,21,27). The Kier molecular flexibility index (Phi) is 5.21. The van der Waals surface area contributed by atoms with Crippen LogP contribution in [0.2, 0.25) is 0 Å². The third-order valence-electron chi connectivity index (χ3n) is 5.12. The Labute approximate surface area is 161 Å². The largest absolute Gasteiger partial charge is 0.339 e. The number of piperidine rings is 1. The SMILES string of the molecule is Cc1cc(=O)n(CCN2CCCC(c3nc(-c4ccccc4)no3)C2)c(=O)[nH]1. The average Bonchev–Trinajstić information content (AvgIpc) is 3.18. The number of likely N-dealkylation sites (tertiary alicyclic amines) is 1. The molecule has 1 aromatic carbocycles. The van der Waals surface area contributed by atoms with Gasteiger partial charge in [-0.25, -0.2) is 4.79 Å². The van der Waals surface area contributed by atoms with Gasteiger partial charge in [-0.15, -0.1) is 0 Å². The smallest absolute Gasteiger partial charge is 0.328 e. The molecule has 3 aromatic rings. The van der Waals surface area contributed by atoms with Crippen LogP contribution in [0.3, 0.4) is 0 Å². The maximum Gasteiger partial charge on any atom is 0.328 e. The van der Waals surface area contributed by atoms with Crippen molar-refractivity contribution in [1.29, 1.82) is 0 Å². The molecule has 3 heterocycles. The molecule has 0 spiro atoms. The highest BCUT2D eigenvalue weighted by Gasteiger charge is 2.26. The summed E-state index contributed by atoms with van der Waals surface area (Å²) in [6.45, 7) is 4.39. The Morgan fingerprint density at radius 3 is 2.82 bits per heavy atom. The number of nitrogens with zero attached hydrogens (tertiary/aromatic N) is 4. The highest BCUT2D eigenvalue weighted by Crippen LogP contribution is 2.27. The maximum atomic E-state index is 12.0. The summed E-state index contributed by atoms with van der Waals surface area (Å²) < 4.78 is 6.77. The minimum Gasteiger partial charge on any atom is -0.339 e. The summed E-state index contributed by atoms with van der Waals surface area (Å²) in [5, 5.41) is 4.12. The fraction of sp³-hybridized carbons (Fsp3) is 0.400. The highest BCUT2D eigenvalue weighted by atomic mass is 16.5. The van der Waals surface area contributed by atoms with Crippen molar-refractivity contribution >= 4 is 0 Å². The Hall–Kier alpha value is -3.00. The van der Waals surface area contributed by atoms with Crippen LogP contribution in [-0.2, 0) is 6.54 Å². The van der Waals surface area contributed by atoms with Gasteiger partial charge in [0.05, 0.1) is 5.92 Å². The molecule has 0 bridgehead atoms. The summed E-state index contributed by atoms with van der Waals surface area (Å²) in [6, 6.07) is 11.2. The predicted octanol–water partition coefficient (Wildman–Crippen LogP) is 1.77. The first kappa shape index (κ1) is 18.4. The zero-order valence-electron chi connectivity index (χ0n) is 15.8. The van der Waals surface area contributed by atoms with Crippen LogP contribution in [0.25, 0.3) is 11.4 Å². The molecule has 1 N–H and O–H groups in total. The van der Waals surface area contributed by atoms with Gasteiger partial charge in [0.25, 0.3) is 5.56 Å². The number of hydrogen-bond acceptors (Lipinski definition) is 6. The molecule has 1 aliphatic heterocycles. The number of aryl methyl sites for hydroxylation is 1. The van der Waals surface area contributed by atoms with Gasteiger partial charge in [0, 0.05) is 37.0 Å². The third-order valence-corrected chi connectivity index (χ3v) is 5.12. The maximum absolute atomic E-state index is 12.0. The van der Waals surface area contributed by atoms with Crippen molar-refractivity contribution in [3.8, 4) is 11.4 Å². The van der Waals surface area contributed by atoms with E-state index in [1.807, 2.05) is 30.3 Å². The topological polar surface area (TPSA) is 97.0 Å². The molecule has 0 saturated carbocycles. The van der Waals surface area contributed by atoms with Gasteiger partial charge < -0.3 is 14.4 Å². The van der Waals surface area contributed by atoms with Crippen LogP contribution in [0.15, 0.2) is 50.5 Å². The third kappa shape index (κ3) is 3.96. The number of H-pyrrole nitrogens is 1. The molecular weight excluding hydrogens is 358 g/mol. The van der Waals surface area contributed by atoms with Crippen LogP contribution >= 0.6 is 0 Å². The van der Waals surface area contributed by atoms with Gasteiger partial charge in [-0.2, -0.15) is 4.98 Å². The van der Waals surface area contributed by atoms with Crippen molar-refractivity contribution < 1.29 is 4.52 Å². The van der Waals surface area contributed by atoms with Crippen LogP contribution in [0.5, 0.6) is 0 Å². The fourth-order valence-electron chi connectivity index (χ4n) is 3.65. The first-order valence-corrected chi connectivity index (χ1v) is 9.52. The number of hydrogen-bond donors (Lipinski definition) is 1. The van der Waals surface area contributed by atoms with E-state index in [0.717, 1.165) is 31.5 Å². The lowest BCUT2D eigenvalue weighted by Gasteiger charge is -2.30. The van der Waals surface area contributed by atoms with Crippen LogP contribution in [-0.4, -0.2) is 44.2 Å². The van der Waals surface area contributed by atoms with Gasteiger partial charge in [-0.3, -0.25) is 9.36 Å². The van der Waals surface area contributed by atoms with E-state index in [-0.39, 0.29) is 17.2 Å². The Morgan fingerprint density at radius 1 is 1.21 bits per heavy atom. The normalized spacial score (nSPS) is 17.7. The Balaban J connectivity index is 1.42. The summed E-state index contributed by atoms with van der Waals surface area (Å²) in [4.78, 5) is 33.6. The van der Waals surface area contributed by atoms with Gasteiger partial charge >= 0.3 is 5.69 Å². The molecule has 4 rings (SSSR count). The lowest BCUT2D eigenvalue weighted by Crippen LogP contribution is -2.41. The minimum absolute atomic E-state index is 0.159. The minimum atomic E-state index is -0.358. The van der Waals surface area contributed by atoms with Gasteiger partial charge in [-0.05, 0) is 26.3 Å². The lowest BCUT2D eigenvalue weighted by atomic mass is 9.98. The Morgan fingerprint density at radius 2 is 2.04 bits per heavy atom. The van der Waals surface area contributed by atoms with Gasteiger partial charge in [0.15, 0.2) is 0 Å². The zero-order chi connectivity index (χ0) is 19.5. The van der Waals surface area contributed by atoms with E-state index < -0.39 is 0 Å². The molecule has 2 aromatic heterocycles. The molecule has 0 radical (unpaired) electrons. The molecule has 1 fully saturated rings. The van der Waals surface area contributed by atoms with Crippen molar-refractivity contribution in [3.05, 3.63) is 68.8 Å². The Bertz CT molecular complexity index is 1020. The first-order chi connectivity index (χ1) is 13.6. The van der Waals surface area contributed by atoms with Crippen LogP contribution in [0.4, 0.5) is 0 Å². The number of rotatable bonds is 5. The van der Waals surface area contributed by atoms with Crippen LogP contribution in [0.1, 0.15) is 30.3 Å². The van der Waals surface area contributed by atoms with Crippen molar-refractivity contribution in [1.82, 2.24) is 24.6 Å². The molecule has 1 saturated heterocycles. The van der Waals surface area contributed by atoms with E-state index in [4.69, 9.17) is 4.52 Å². The number of benzene rings is 1. The van der Waals surface area contributed by atoms with Crippen LogP contribution < -0.4 is 11.2 Å². The van der Waals surface area contributed by atoms with Gasteiger partial charge in [0.1, 0.15) is 0 Å². The van der Waals surface area contributed by atoms with E-state index >= 15 is 0 Å². The predicted molar refractivity (Wildman–Crippen MR) is 104 cm³/mol. The lowest BCUT2D eigenvalue weighted by molar-refractivity contribution is 0.180. The van der Waals surface area contributed by atoms with Gasteiger partial charge in [-0.1, -0.05) is 35.5 Å². The molecule has 1 unspecified atom stereocenters. The monoisotopic (exact) mass is 381 g/mol. The molecular formula is C20H23N5O3. The number of aromatic nitrogens is 4. The van der Waals surface area contributed by atoms with Crippen LogP contribution in [0, 0.1) is 6.92 Å². The van der Waals surface area contributed by atoms with Gasteiger partial charge in [0.2, 0.25) is 11.7 Å². The van der Waals surface area contributed by atoms with E-state index in [2.05, 4.69) is 20.0 Å². The summed E-state index contributed by atoms with van der Waals surface area (Å²) in [5.41, 5.74) is 0.889. The summed E-state index contributed by atoms with van der Waals surface area (Å²) >= 11 is 0. The van der Waals surface area contributed by atoms with Crippen molar-refractivity contribution in [3.63, 3.8) is 0 Å². The zero-order valence-corrected chi connectivity index (χ0v) is 15.8. The van der Waals surface area contributed by atoms with E-state index in [0.29, 0.717) is 30.5 Å².